The van der Waals surface area contributed by atoms with Gasteiger partial charge in [-0.15, -0.1) is 0 Å². The number of carboxylic acids is 1. The van der Waals surface area contributed by atoms with E-state index in [4.69, 9.17) is 10.5 Å². The van der Waals surface area contributed by atoms with Gasteiger partial charge in [0.05, 0.1) is 13.2 Å². The second-order valence-corrected chi connectivity index (χ2v) is 5.95. The van der Waals surface area contributed by atoms with Crippen LogP contribution in [0.1, 0.15) is 18.5 Å². The smallest absolute Gasteiger partial charge is 0.352 e. The van der Waals surface area contributed by atoms with Crippen molar-refractivity contribution in [3.63, 3.8) is 0 Å². The number of benzene rings is 1. The van der Waals surface area contributed by atoms with Crippen molar-refractivity contribution in [1.82, 2.24) is 10.2 Å². The molecule has 26 heavy (non-hydrogen) atoms. The maximum absolute atomic E-state index is 12.3. The maximum Gasteiger partial charge on any atom is 0.352 e. The van der Waals surface area contributed by atoms with Crippen molar-refractivity contribution in [3.8, 4) is 5.75 Å². The van der Waals surface area contributed by atoms with Crippen molar-refractivity contribution in [2.45, 2.75) is 19.0 Å². The molecule has 0 radical (unpaired) electrons. The van der Waals surface area contributed by atoms with E-state index in [0.717, 1.165) is 4.90 Å². The molecule has 5 N–H and O–H groups in total. The standard InChI is InChI=1S/C17H21N3O6/c1-9(8-26-2)14(17(24)25)20-7-12(16(20)23)19-15(22)13(18)10-3-5-11(21)6-4-10/h3-6,12-13,21H,7-8,18H2,1-2H3,(H,19,22)(H,24,25)/b14-9-. The zero-order valence-electron chi connectivity index (χ0n) is 14.4. The average molecular weight is 363 g/mol. The fourth-order valence-electron chi connectivity index (χ4n) is 2.64. The number of carbonyl (C=O) groups excluding carboxylic acids is 2. The van der Waals surface area contributed by atoms with Gasteiger partial charge in [-0.05, 0) is 30.2 Å². The number of rotatable bonds is 7. The monoisotopic (exact) mass is 363 g/mol. The van der Waals surface area contributed by atoms with Crippen LogP contribution < -0.4 is 11.1 Å². The number of ether oxygens (including phenoxy) is 1. The third kappa shape index (κ3) is 4.01. The Morgan fingerprint density at radius 3 is 2.50 bits per heavy atom. The molecule has 2 rings (SSSR count). The summed E-state index contributed by atoms with van der Waals surface area (Å²) in [5.74, 6) is -2.28. The van der Waals surface area contributed by atoms with Gasteiger partial charge in [0.15, 0.2) is 0 Å². The minimum absolute atomic E-state index is 0.0373. The number of carboxylic acid groups (broad SMARTS) is 1. The number of β-lactam (4-membered cyclic amide) rings is 1. The molecule has 1 fully saturated rings. The van der Waals surface area contributed by atoms with Gasteiger partial charge in [0.2, 0.25) is 5.91 Å². The lowest BCUT2D eigenvalue weighted by atomic mass is 10.0. The number of aromatic hydroxyl groups is 1. The van der Waals surface area contributed by atoms with E-state index in [0.29, 0.717) is 11.1 Å². The third-order valence-corrected chi connectivity index (χ3v) is 4.02. The van der Waals surface area contributed by atoms with E-state index in [1.54, 1.807) is 6.92 Å². The van der Waals surface area contributed by atoms with Gasteiger partial charge in [-0.3, -0.25) is 9.59 Å². The van der Waals surface area contributed by atoms with Crippen molar-refractivity contribution < 1.29 is 29.3 Å². The Kier molecular flexibility index (Phi) is 5.96. The topological polar surface area (TPSA) is 142 Å². The number of likely N-dealkylation sites (tertiary alicyclic amines) is 1. The molecule has 1 aliphatic rings. The number of hydrogen-bond donors (Lipinski definition) is 4. The summed E-state index contributed by atoms with van der Waals surface area (Å²) in [5, 5.41) is 21.1. The number of hydrogen-bond acceptors (Lipinski definition) is 6. The minimum Gasteiger partial charge on any atom is -0.508 e. The summed E-state index contributed by atoms with van der Waals surface area (Å²) in [5.41, 5.74) is 6.58. The second kappa shape index (κ2) is 7.98. The molecule has 9 nitrogen and oxygen atoms in total. The summed E-state index contributed by atoms with van der Waals surface area (Å²) in [6.07, 6.45) is 0. The van der Waals surface area contributed by atoms with Crippen LogP contribution in [0.4, 0.5) is 0 Å². The Labute approximate surface area is 150 Å². The highest BCUT2D eigenvalue weighted by atomic mass is 16.5. The number of methoxy groups -OCH3 is 1. The number of carbonyl (C=O) groups is 3. The normalized spacial score (nSPS) is 18.7. The minimum atomic E-state index is -1.24. The Hall–Kier alpha value is -2.91. The second-order valence-electron chi connectivity index (χ2n) is 5.95. The van der Waals surface area contributed by atoms with E-state index < -0.39 is 29.9 Å². The summed E-state index contributed by atoms with van der Waals surface area (Å²) in [6, 6.07) is 3.97. The molecule has 1 aromatic rings. The summed E-state index contributed by atoms with van der Waals surface area (Å²) < 4.78 is 4.91. The summed E-state index contributed by atoms with van der Waals surface area (Å²) in [6.45, 7) is 1.68. The van der Waals surface area contributed by atoms with Gasteiger partial charge in [-0.25, -0.2) is 4.79 Å². The number of nitrogens with two attached hydrogens (primary N) is 1. The van der Waals surface area contributed by atoms with E-state index in [9.17, 15) is 24.6 Å². The van der Waals surface area contributed by atoms with Gasteiger partial charge in [-0.1, -0.05) is 12.1 Å². The van der Waals surface area contributed by atoms with E-state index in [2.05, 4.69) is 5.32 Å². The molecule has 0 saturated carbocycles. The lowest BCUT2D eigenvalue weighted by molar-refractivity contribution is -0.149. The van der Waals surface area contributed by atoms with Crippen LogP contribution in [-0.4, -0.2) is 59.2 Å². The molecule has 1 heterocycles. The highest BCUT2D eigenvalue weighted by molar-refractivity contribution is 6.00. The molecule has 0 spiro atoms. The van der Waals surface area contributed by atoms with Gasteiger partial charge in [0, 0.05) is 7.11 Å². The fraction of sp³-hybridized carbons (Fsp3) is 0.353. The third-order valence-electron chi connectivity index (χ3n) is 4.02. The Morgan fingerprint density at radius 2 is 2.00 bits per heavy atom. The number of nitrogens with zero attached hydrogens (tertiary/aromatic N) is 1. The van der Waals surface area contributed by atoms with Crippen LogP contribution in [-0.2, 0) is 19.1 Å². The van der Waals surface area contributed by atoms with Crippen molar-refractivity contribution in [3.05, 3.63) is 41.1 Å². The predicted molar refractivity (Wildman–Crippen MR) is 90.9 cm³/mol. The molecule has 140 valence electrons. The molecule has 9 heteroatoms. The summed E-state index contributed by atoms with van der Waals surface area (Å²) in [4.78, 5) is 37.0. The first-order chi connectivity index (χ1) is 12.3. The lowest BCUT2D eigenvalue weighted by Gasteiger charge is -2.39. The molecule has 2 amide bonds. The number of amides is 2. The molecule has 0 bridgehead atoms. The van der Waals surface area contributed by atoms with Crippen LogP contribution in [0.3, 0.4) is 0 Å². The maximum atomic E-state index is 12.3. The largest absolute Gasteiger partial charge is 0.508 e. The number of phenols is 1. The van der Waals surface area contributed by atoms with Crippen molar-refractivity contribution in [2.24, 2.45) is 5.73 Å². The zero-order chi connectivity index (χ0) is 19.4. The van der Waals surface area contributed by atoms with Gasteiger partial charge >= 0.3 is 5.97 Å². The first kappa shape index (κ1) is 19.4. The summed E-state index contributed by atoms with van der Waals surface area (Å²) >= 11 is 0. The first-order valence-electron chi connectivity index (χ1n) is 7.84. The van der Waals surface area contributed by atoms with Gasteiger partial charge in [0.1, 0.15) is 23.5 Å². The van der Waals surface area contributed by atoms with Gasteiger partial charge in [0.25, 0.3) is 5.91 Å². The number of nitrogens with one attached hydrogen (secondary N) is 1. The molecular weight excluding hydrogens is 342 g/mol. The number of aliphatic carboxylic acids is 1. The van der Waals surface area contributed by atoms with Gasteiger partial charge in [-0.2, -0.15) is 0 Å². The van der Waals surface area contributed by atoms with E-state index in [1.807, 2.05) is 0 Å². The van der Waals surface area contributed by atoms with Gasteiger partial charge < -0.3 is 30.9 Å². The van der Waals surface area contributed by atoms with Crippen LogP contribution in [0.25, 0.3) is 0 Å². The highest BCUT2D eigenvalue weighted by Crippen LogP contribution is 2.22. The summed E-state index contributed by atoms with van der Waals surface area (Å²) in [7, 11) is 1.43. The molecule has 0 aromatic heterocycles. The van der Waals surface area contributed by atoms with Crippen molar-refractivity contribution in [1.29, 1.82) is 0 Å². The quantitative estimate of drug-likeness (QED) is 0.385. The van der Waals surface area contributed by atoms with E-state index >= 15 is 0 Å². The molecule has 1 saturated heterocycles. The molecule has 1 aromatic carbocycles. The average Bonchev–Trinajstić information content (AvgIpc) is 2.60. The highest BCUT2D eigenvalue weighted by Gasteiger charge is 2.42. The van der Waals surface area contributed by atoms with E-state index in [-0.39, 0.29) is 24.6 Å². The van der Waals surface area contributed by atoms with Crippen LogP contribution in [0, 0.1) is 0 Å². The Morgan fingerprint density at radius 1 is 1.38 bits per heavy atom. The van der Waals surface area contributed by atoms with Crippen molar-refractivity contribution >= 4 is 17.8 Å². The molecule has 2 unspecified atom stereocenters. The molecule has 0 aliphatic carbocycles. The van der Waals surface area contributed by atoms with Crippen LogP contribution in [0.2, 0.25) is 0 Å². The molecule has 1 aliphatic heterocycles. The zero-order valence-corrected chi connectivity index (χ0v) is 14.4. The predicted octanol–water partition coefficient (Wildman–Crippen LogP) is -0.276. The first-order valence-corrected chi connectivity index (χ1v) is 7.84. The van der Waals surface area contributed by atoms with Crippen LogP contribution >= 0.6 is 0 Å². The Bertz CT molecular complexity index is 743. The number of phenolic OH excluding ortho intramolecular Hbond substituents is 1. The SMILES string of the molecule is COC/C(C)=C(/C(=O)O)N1CC(NC(=O)C(N)c2ccc(O)cc2)C1=O. The van der Waals surface area contributed by atoms with E-state index in [1.165, 1.54) is 31.4 Å². The molecule has 2 atom stereocenters. The van der Waals surface area contributed by atoms with Crippen molar-refractivity contribution in [2.75, 3.05) is 20.3 Å². The fourth-order valence-corrected chi connectivity index (χ4v) is 2.64. The Balaban J connectivity index is 2.02. The molecular formula is C17H21N3O6. The van der Waals surface area contributed by atoms with Crippen LogP contribution in [0.5, 0.6) is 5.75 Å². The van der Waals surface area contributed by atoms with Crippen LogP contribution in [0.15, 0.2) is 35.5 Å². The lowest BCUT2D eigenvalue weighted by Crippen LogP contribution is -2.64.